The van der Waals surface area contributed by atoms with Gasteiger partial charge in [0.25, 0.3) is 11.8 Å². The third kappa shape index (κ3) is 3.36. The summed E-state index contributed by atoms with van der Waals surface area (Å²) in [5.74, 6) is 0.0235. The minimum Gasteiger partial charge on any atom is -0.459 e. The zero-order valence-corrected chi connectivity index (χ0v) is 15.0. The molecule has 0 spiro atoms. The van der Waals surface area contributed by atoms with E-state index in [1.54, 1.807) is 12.1 Å². The number of hydrogen-bond donors (Lipinski definition) is 1. The summed E-state index contributed by atoms with van der Waals surface area (Å²) in [6, 6.07) is 18.7. The first-order valence-electron chi connectivity index (χ1n) is 8.95. The molecule has 136 valence electrons. The number of amides is 2. The molecule has 0 bridgehead atoms. The van der Waals surface area contributed by atoms with Gasteiger partial charge in [0.2, 0.25) is 0 Å². The molecule has 27 heavy (non-hydrogen) atoms. The minimum atomic E-state index is -0.258. The van der Waals surface area contributed by atoms with Gasteiger partial charge in [-0.1, -0.05) is 30.3 Å². The first-order valence-corrected chi connectivity index (χ1v) is 8.95. The van der Waals surface area contributed by atoms with Crippen molar-refractivity contribution in [1.82, 2.24) is 5.32 Å². The minimum absolute atomic E-state index is 0.00128. The molecule has 5 nitrogen and oxygen atoms in total. The molecule has 0 aliphatic carbocycles. The highest BCUT2D eigenvalue weighted by molar-refractivity contribution is 6.07. The molecule has 0 saturated heterocycles. The highest BCUT2D eigenvalue weighted by Gasteiger charge is 2.31. The quantitative estimate of drug-likeness (QED) is 0.770. The molecule has 0 radical (unpaired) electrons. The molecular formula is C22H20N2O3. The molecule has 0 saturated carbocycles. The lowest BCUT2D eigenvalue weighted by atomic mass is 10.1. The Balaban J connectivity index is 1.55. The Morgan fingerprint density at radius 3 is 2.67 bits per heavy atom. The van der Waals surface area contributed by atoms with Gasteiger partial charge in [0.1, 0.15) is 0 Å². The van der Waals surface area contributed by atoms with E-state index >= 15 is 0 Å². The van der Waals surface area contributed by atoms with Crippen molar-refractivity contribution in [2.24, 2.45) is 0 Å². The van der Waals surface area contributed by atoms with Gasteiger partial charge in [-0.3, -0.25) is 9.59 Å². The highest BCUT2D eigenvalue weighted by Crippen LogP contribution is 2.34. The first-order chi connectivity index (χ1) is 13.1. The first kappa shape index (κ1) is 17.1. The lowest BCUT2D eigenvalue weighted by Gasteiger charge is -2.23. The van der Waals surface area contributed by atoms with Crippen molar-refractivity contribution >= 4 is 17.5 Å². The molecule has 2 aromatic carbocycles. The maximum atomic E-state index is 13.0. The Hall–Kier alpha value is -3.34. The van der Waals surface area contributed by atoms with E-state index in [4.69, 9.17) is 4.42 Å². The Kier molecular flexibility index (Phi) is 4.50. The number of carbonyl (C=O) groups excluding carboxylic acids is 2. The molecular weight excluding hydrogens is 340 g/mol. The number of nitrogens with zero attached hydrogens (tertiary/aromatic N) is 1. The van der Waals surface area contributed by atoms with Crippen LogP contribution < -0.4 is 10.2 Å². The Bertz CT molecular complexity index is 964. The monoisotopic (exact) mass is 360 g/mol. The van der Waals surface area contributed by atoms with Crippen molar-refractivity contribution < 1.29 is 14.0 Å². The van der Waals surface area contributed by atoms with Crippen LogP contribution in [0.1, 0.15) is 39.0 Å². The van der Waals surface area contributed by atoms with E-state index in [1.807, 2.05) is 53.4 Å². The number of furan rings is 1. The lowest BCUT2D eigenvalue weighted by molar-refractivity contribution is 0.0922. The number of fused-ring (bicyclic) bond motifs is 1. The second kappa shape index (κ2) is 7.11. The Labute approximate surface area is 157 Å². The topological polar surface area (TPSA) is 62.6 Å². The summed E-state index contributed by atoms with van der Waals surface area (Å²) >= 11 is 0. The van der Waals surface area contributed by atoms with Crippen LogP contribution >= 0.6 is 0 Å². The third-order valence-corrected chi connectivity index (χ3v) is 4.80. The van der Waals surface area contributed by atoms with Crippen LogP contribution in [0.25, 0.3) is 0 Å². The number of anilines is 1. The maximum absolute atomic E-state index is 13.0. The van der Waals surface area contributed by atoms with Crippen molar-refractivity contribution in [3.05, 3.63) is 89.4 Å². The lowest BCUT2D eigenvalue weighted by Crippen LogP contribution is -2.35. The van der Waals surface area contributed by atoms with Crippen LogP contribution in [0.4, 0.5) is 5.69 Å². The average Bonchev–Trinajstić information content (AvgIpc) is 3.33. The zero-order valence-electron chi connectivity index (χ0n) is 15.0. The van der Waals surface area contributed by atoms with Crippen molar-refractivity contribution in [2.45, 2.75) is 25.9 Å². The number of carbonyl (C=O) groups is 2. The van der Waals surface area contributed by atoms with Crippen LogP contribution in [0, 0.1) is 0 Å². The molecule has 1 aliphatic heterocycles. The third-order valence-electron chi connectivity index (χ3n) is 4.80. The van der Waals surface area contributed by atoms with Crippen molar-refractivity contribution in [1.29, 1.82) is 0 Å². The molecule has 1 aliphatic rings. The summed E-state index contributed by atoms with van der Waals surface area (Å²) in [6.45, 7) is 2.42. The smallest absolute Gasteiger partial charge is 0.287 e. The molecule has 2 amide bonds. The van der Waals surface area contributed by atoms with E-state index in [2.05, 4.69) is 12.2 Å². The largest absolute Gasteiger partial charge is 0.459 e. The molecule has 1 N–H and O–H groups in total. The number of benzene rings is 2. The Morgan fingerprint density at radius 2 is 1.93 bits per heavy atom. The van der Waals surface area contributed by atoms with Crippen molar-refractivity contribution in [2.75, 3.05) is 4.90 Å². The molecule has 3 aromatic rings. The van der Waals surface area contributed by atoms with E-state index in [9.17, 15) is 9.59 Å². The van der Waals surface area contributed by atoms with Crippen LogP contribution in [-0.2, 0) is 13.0 Å². The fourth-order valence-corrected chi connectivity index (χ4v) is 3.47. The fraction of sp³-hybridized carbons (Fsp3) is 0.182. The van der Waals surface area contributed by atoms with Crippen LogP contribution in [0.5, 0.6) is 0 Å². The number of rotatable bonds is 4. The van der Waals surface area contributed by atoms with Crippen LogP contribution in [0.2, 0.25) is 0 Å². The zero-order chi connectivity index (χ0) is 18.8. The normalized spacial score (nSPS) is 15.4. The van der Waals surface area contributed by atoms with E-state index in [-0.39, 0.29) is 23.6 Å². The summed E-state index contributed by atoms with van der Waals surface area (Å²) in [6.07, 6.45) is 2.30. The summed E-state index contributed by atoms with van der Waals surface area (Å²) in [5.41, 5.74) is 3.68. The van der Waals surface area contributed by atoms with Gasteiger partial charge >= 0.3 is 0 Å². The van der Waals surface area contributed by atoms with E-state index < -0.39 is 0 Å². The summed E-state index contributed by atoms with van der Waals surface area (Å²) in [7, 11) is 0. The summed E-state index contributed by atoms with van der Waals surface area (Å²) in [5, 5.41) is 2.84. The van der Waals surface area contributed by atoms with Crippen molar-refractivity contribution in [3.8, 4) is 0 Å². The molecule has 0 fully saturated rings. The van der Waals surface area contributed by atoms with Gasteiger partial charge in [0.05, 0.1) is 6.26 Å². The second-order valence-corrected chi connectivity index (χ2v) is 6.72. The average molecular weight is 360 g/mol. The predicted molar refractivity (Wildman–Crippen MR) is 103 cm³/mol. The van der Waals surface area contributed by atoms with E-state index in [0.717, 1.165) is 23.2 Å². The summed E-state index contributed by atoms with van der Waals surface area (Å²) < 4.78 is 5.10. The van der Waals surface area contributed by atoms with Gasteiger partial charge in [-0.15, -0.1) is 0 Å². The van der Waals surface area contributed by atoms with Crippen LogP contribution in [0.15, 0.2) is 71.3 Å². The van der Waals surface area contributed by atoms with E-state index in [0.29, 0.717) is 12.1 Å². The SMILES string of the molecule is C[C@@H]1Cc2ccc(CNC(=O)c3ccco3)cc2N1C(=O)c1ccccc1. The van der Waals surface area contributed by atoms with Crippen LogP contribution in [0.3, 0.4) is 0 Å². The van der Waals surface area contributed by atoms with Crippen molar-refractivity contribution in [3.63, 3.8) is 0 Å². The predicted octanol–water partition coefficient (Wildman–Crippen LogP) is 3.80. The molecule has 5 heteroatoms. The van der Waals surface area contributed by atoms with Gasteiger partial charge in [0, 0.05) is 23.8 Å². The van der Waals surface area contributed by atoms with Gasteiger partial charge < -0.3 is 14.6 Å². The molecule has 2 heterocycles. The molecule has 1 aromatic heterocycles. The second-order valence-electron chi connectivity index (χ2n) is 6.72. The summed E-state index contributed by atoms with van der Waals surface area (Å²) in [4.78, 5) is 26.9. The van der Waals surface area contributed by atoms with Gasteiger partial charge in [0.15, 0.2) is 5.76 Å². The highest BCUT2D eigenvalue weighted by atomic mass is 16.3. The van der Waals surface area contributed by atoms with E-state index in [1.165, 1.54) is 6.26 Å². The molecule has 0 unspecified atom stereocenters. The fourth-order valence-electron chi connectivity index (χ4n) is 3.47. The molecule has 1 atom stereocenters. The maximum Gasteiger partial charge on any atom is 0.287 e. The van der Waals surface area contributed by atoms with Gasteiger partial charge in [-0.05, 0) is 54.8 Å². The number of hydrogen-bond acceptors (Lipinski definition) is 3. The number of nitrogens with one attached hydrogen (secondary N) is 1. The van der Waals surface area contributed by atoms with Gasteiger partial charge in [-0.2, -0.15) is 0 Å². The van der Waals surface area contributed by atoms with Gasteiger partial charge in [-0.25, -0.2) is 0 Å². The van der Waals surface area contributed by atoms with Crippen LogP contribution in [-0.4, -0.2) is 17.9 Å². The Morgan fingerprint density at radius 1 is 1.11 bits per heavy atom. The molecule has 4 rings (SSSR count). The standard InChI is InChI=1S/C22H20N2O3/c1-15-12-18-10-9-16(14-23-21(25)20-8-5-11-27-20)13-19(18)24(15)22(26)17-6-3-2-4-7-17/h2-11,13,15H,12,14H2,1H3,(H,23,25)/t15-/m1/s1.